The van der Waals surface area contributed by atoms with E-state index in [1.54, 1.807) is 12.1 Å². The van der Waals surface area contributed by atoms with Crippen molar-refractivity contribution in [1.82, 2.24) is 5.32 Å². The molecular formula is C14H19BrFNO. The van der Waals surface area contributed by atoms with Crippen molar-refractivity contribution in [3.8, 4) is 0 Å². The maximum absolute atomic E-state index is 13.1. The van der Waals surface area contributed by atoms with E-state index < -0.39 is 6.10 Å². The van der Waals surface area contributed by atoms with E-state index in [-0.39, 0.29) is 5.82 Å². The lowest BCUT2D eigenvalue weighted by molar-refractivity contribution is 0.139. The molecule has 0 radical (unpaired) electrons. The largest absolute Gasteiger partial charge is 0.388 e. The summed E-state index contributed by atoms with van der Waals surface area (Å²) in [5.41, 5.74) is 0.767. The first-order valence-electron chi connectivity index (χ1n) is 6.45. The van der Waals surface area contributed by atoms with Crippen molar-refractivity contribution in [2.24, 2.45) is 0 Å². The fraction of sp³-hybridized carbons (Fsp3) is 0.571. The molecule has 2 nitrogen and oxygen atoms in total. The zero-order valence-corrected chi connectivity index (χ0v) is 12.1. The predicted octanol–water partition coefficient (Wildman–Crippen LogP) is 3.54. The third-order valence-electron chi connectivity index (χ3n) is 3.55. The molecule has 0 saturated carbocycles. The lowest BCUT2D eigenvalue weighted by atomic mass is 9.93. The minimum atomic E-state index is -0.537. The Bertz CT molecular complexity index is 413. The van der Waals surface area contributed by atoms with Crippen LogP contribution >= 0.6 is 15.9 Å². The molecule has 18 heavy (non-hydrogen) atoms. The van der Waals surface area contributed by atoms with Crippen LogP contribution in [0.5, 0.6) is 0 Å². The van der Waals surface area contributed by atoms with Crippen LogP contribution in [0.25, 0.3) is 0 Å². The number of aliphatic hydroxyl groups is 1. The normalized spacial score (nSPS) is 26.0. The highest BCUT2D eigenvalue weighted by atomic mass is 79.9. The summed E-state index contributed by atoms with van der Waals surface area (Å²) in [5, 5.41) is 13.7. The van der Waals surface area contributed by atoms with Gasteiger partial charge in [0.25, 0.3) is 0 Å². The summed E-state index contributed by atoms with van der Waals surface area (Å²) in [6, 6.07) is 5.58. The molecule has 1 aromatic carbocycles. The van der Waals surface area contributed by atoms with E-state index in [1.165, 1.54) is 18.9 Å². The van der Waals surface area contributed by atoms with E-state index >= 15 is 0 Å². The third-order valence-corrected chi connectivity index (χ3v) is 4.15. The average Bonchev–Trinajstić information content (AvgIpc) is 2.32. The molecule has 4 heteroatoms. The first-order valence-corrected chi connectivity index (χ1v) is 7.24. The van der Waals surface area contributed by atoms with E-state index in [9.17, 15) is 9.50 Å². The molecule has 1 fully saturated rings. The second-order valence-electron chi connectivity index (χ2n) is 5.12. The summed E-state index contributed by atoms with van der Waals surface area (Å²) in [5.74, 6) is -0.296. The Morgan fingerprint density at radius 1 is 1.50 bits per heavy atom. The second kappa shape index (κ2) is 6.13. The van der Waals surface area contributed by atoms with Crippen LogP contribution < -0.4 is 5.32 Å². The molecule has 0 bridgehead atoms. The number of halogens is 2. The molecule has 1 aromatic rings. The molecular weight excluding hydrogens is 297 g/mol. The third kappa shape index (κ3) is 3.53. The number of rotatable bonds is 3. The van der Waals surface area contributed by atoms with Crippen molar-refractivity contribution < 1.29 is 9.50 Å². The molecule has 100 valence electrons. The molecule has 1 aliphatic heterocycles. The van der Waals surface area contributed by atoms with Crippen LogP contribution in [0.2, 0.25) is 0 Å². The zero-order chi connectivity index (χ0) is 13.1. The summed E-state index contributed by atoms with van der Waals surface area (Å²) in [4.78, 5) is 0. The Kier molecular flexibility index (Phi) is 4.76. The van der Waals surface area contributed by atoms with Crippen molar-refractivity contribution in [2.75, 3.05) is 0 Å². The van der Waals surface area contributed by atoms with Gasteiger partial charge in [0.2, 0.25) is 0 Å². The van der Waals surface area contributed by atoms with Crippen LogP contribution in [0.1, 0.15) is 44.3 Å². The van der Waals surface area contributed by atoms with Crippen LogP contribution in [0, 0.1) is 5.82 Å². The molecule has 0 aromatic heterocycles. The highest BCUT2D eigenvalue weighted by Crippen LogP contribution is 2.26. The Morgan fingerprint density at radius 3 is 2.94 bits per heavy atom. The highest BCUT2D eigenvalue weighted by molar-refractivity contribution is 9.10. The van der Waals surface area contributed by atoms with E-state index in [0.29, 0.717) is 23.0 Å². The van der Waals surface area contributed by atoms with Crippen molar-refractivity contribution in [3.05, 3.63) is 34.1 Å². The minimum Gasteiger partial charge on any atom is -0.388 e. The second-order valence-corrected chi connectivity index (χ2v) is 5.97. The number of nitrogens with one attached hydrogen (secondary N) is 1. The molecule has 0 spiro atoms. The van der Waals surface area contributed by atoms with Gasteiger partial charge in [0, 0.05) is 12.1 Å². The van der Waals surface area contributed by atoms with E-state index in [4.69, 9.17) is 0 Å². The van der Waals surface area contributed by atoms with Crippen molar-refractivity contribution >= 4 is 15.9 Å². The Balaban J connectivity index is 1.98. The van der Waals surface area contributed by atoms with Crippen LogP contribution in [0.15, 0.2) is 22.7 Å². The number of benzene rings is 1. The number of hydrogen-bond donors (Lipinski definition) is 2. The fourth-order valence-corrected chi connectivity index (χ4v) is 2.95. The van der Waals surface area contributed by atoms with Crippen molar-refractivity contribution in [2.45, 2.75) is 50.8 Å². The van der Waals surface area contributed by atoms with Crippen LogP contribution in [0.4, 0.5) is 4.39 Å². The van der Waals surface area contributed by atoms with Crippen LogP contribution in [-0.4, -0.2) is 17.2 Å². The smallest absolute Gasteiger partial charge is 0.137 e. The van der Waals surface area contributed by atoms with Gasteiger partial charge in [-0.1, -0.05) is 12.5 Å². The van der Waals surface area contributed by atoms with Crippen LogP contribution in [-0.2, 0) is 0 Å². The topological polar surface area (TPSA) is 32.3 Å². The van der Waals surface area contributed by atoms with E-state index in [2.05, 4.69) is 28.2 Å². The zero-order valence-electron chi connectivity index (χ0n) is 10.5. The van der Waals surface area contributed by atoms with E-state index in [1.807, 2.05) is 0 Å². The molecule has 0 amide bonds. The van der Waals surface area contributed by atoms with Gasteiger partial charge in [0.15, 0.2) is 0 Å². The van der Waals surface area contributed by atoms with Gasteiger partial charge in [-0.2, -0.15) is 0 Å². The summed E-state index contributed by atoms with van der Waals surface area (Å²) in [6.07, 6.45) is 3.66. The summed E-state index contributed by atoms with van der Waals surface area (Å²) < 4.78 is 13.5. The van der Waals surface area contributed by atoms with Gasteiger partial charge in [-0.3, -0.25) is 0 Å². The molecule has 0 aliphatic carbocycles. The predicted molar refractivity (Wildman–Crippen MR) is 73.9 cm³/mol. The highest BCUT2D eigenvalue weighted by Gasteiger charge is 2.21. The molecule has 3 atom stereocenters. The Hall–Kier alpha value is -0.450. The Labute approximate surface area is 116 Å². The first-order chi connectivity index (χ1) is 8.56. The molecule has 1 aliphatic rings. The SMILES string of the molecule is CC1CCCC(CC(O)c2ccc(F)c(Br)c2)N1. The van der Waals surface area contributed by atoms with Gasteiger partial charge in [-0.25, -0.2) is 4.39 Å². The number of aliphatic hydroxyl groups excluding tert-OH is 1. The lowest BCUT2D eigenvalue weighted by Crippen LogP contribution is -2.41. The monoisotopic (exact) mass is 315 g/mol. The molecule has 2 N–H and O–H groups in total. The molecule has 1 saturated heterocycles. The lowest BCUT2D eigenvalue weighted by Gasteiger charge is -2.30. The van der Waals surface area contributed by atoms with Crippen LogP contribution in [0.3, 0.4) is 0 Å². The standard InChI is InChI=1S/C14H19BrFNO/c1-9-3-2-4-11(17-9)8-14(18)10-5-6-13(16)12(15)7-10/h5-7,9,11,14,17-18H,2-4,8H2,1H3. The van der Waals surface area contributed by atoms with Crippen molar-refractivity contribution in [1.29, 1.82) is 0 Å². The van der Waals surface area contributed by atoms with Gasteiger partial charge in [-0.05, 0) is 59.8 Å². The fourth-order valence-electron chi connectivity index (χ4n) is 2.55. The van der Waals surface area contributed by atoms with Gasteiger partial charge in [0.05, 0.1) is 10.6 Å². The van der Waals surface area contributed by atoms with E-state index in [0.717, 1.165) is 12.0 Å². The average molecular weight is 316 g/mol. The maximum atomic E-state index is 13.1. The van der Waals surface area contributed by atoms with Gasteiger partial charge in [-0.15, -0.1) is 0 Å². The maximum Gasteiger partial charge on any atom is 0.137 e. The molecule has 1 heterocycles. The van der Waals surface area contributed by atoms with Crippen molar-refractivity contribution in [3.63, 3.8) is 0 Å². The van der Waals surface area contributed by atoms with Gasteiger partial charge >= 0.3 is 0 Å². The number of hydrogen-bond acceptors (Lipinski definition) is 2. The molecule has 3 unspecified atom stereocenters. The quantitative estimate of drug-likeness (QED) is 0.894. The first kappa shape index (κ1) is 14.0. The summed E-state index contributed by atoms with van der Waals surface area (Å²) >= 11 is 3.15. The van der Waals surface area contributed by atoms with Gasteiger partial charge < -0.3 is 10.4 Å². The summed E-state index contributed by atoms with van der Waals surface area (Å²) in [6.45, 7) is 2.17. The minimum absolute atomic E-state index is 0.296. The molecule has 2 rings (SSSR count). The van der Waals surface area contributed by atoms with Gasteiger partial charge in [0.1, 0.15) is 5.82 Å². The summed E-state index contributed by atoms with van der Waals surface area (Å²) in [7, 11) is 0. The number of piperidine rings is 1. The Morgan fingerprint density at radius 2 is 2.28 bits per heavy atom.